The minimum Gasteiger partial charge on any atom is -0.381 e. The molecule has 2 saturated heterocycles. The third kappa shape index (κ3) is 2.99. The lowest BCUT2D eigenvalue weighted by molar-refractivity contribution is -0.137. The summed E-state index contributed by atoms with van der Waals surface area (Å²) in [6, 6.07) is 0.249. The zero-order chi connectivity index (χ0) is 12.3. The van der Waals surface area contributed by atoms with Crippen molar-refractivity contribution in [3.05, 3.63) is 0 Å². The Morgan fingerprint density at radius 3 is 2.94 bits per heavy atom. The van der Waals surface area contributed by atoms with Gasteiger partial charge in [0.25, 0.3) is 0 Å². The van der Waals surface area contributed by atoms with Crippen molar-refractivity contribution in [1.82, 2.24) is 4.90 Å². The summed E-state index contributed by atoms with van der Waals surface area (Å²) in [7, 11) is 0. The summed E-state index contributed by atoms with van der Waals surface area (Å²) in [5.41, 5.74) is 5.81. The summed E-state index contributed by atoms with van der Waals surface area (Å²) >= 11 is 0. The number of piperidine rings is 1. The first-order valence-corrected chi connectivity index (χ1v) is 6.79. The Morgan fingerprint density at radius 1 is 1.47 bits per heavy atom. The van der Waals surface area contributed by atoms with Crippen LogP contribution in [0.15, 0.2) is 0 Å². The molecule has 2 heterocycles. The standard InChI is InChI=1S/C13H24N2O2/c1-10-3-2-5-15(12(10)8-14)13(16)7-11-4-6-17-9-11/h10-12H,2-9,14H2,1H3/t10-,11+,12-/m1/s1. The number of hydrogen-bond acceptors (Lipinski definition) is 3. The maximum Gasteiger partial charge on any atom is 0.223 e. The SMILES string of the molecule is C[C@@H]1CCCN(C(=O)C[C@@H]2CCOC2)[C@@H]1CN. The summed E-state index contributed by atoms with van der Waals surface area (Å²) in [4.78, 5) is 14.3. The first-order chi connectivity index (χ1) is 8.22. The molecule has 2 aliphatic heterocycles. The van der Waals surface area contributed by atoms with Crippen LogP contribution in [0.3, 0.4) is 0 Å². The molecule has 98 valence electrons. The van der Waals surface area contributed by atoms with E-state index in [1.807, 2.05) is 4.90 Å². The molecule has 0 saturated carbocycles. The van der Waals surface area contributed by atoms with Crippen LogP contribution in [-0.2, 0) is 9.53 Å². The number of nitrogens with two attached hydrogens (primary N) is 1. The molecule has 2 N–H and O–H groups in total. The van der Waals surface area contributed by atoms with Crippen LogP contribution < -0.4 is 5.73 Å². The highest BCUT2D eigenvalue weighted by atomic mass is 16.5. The van der Waals surface area contributed by atoms with E-state index in [1.165, 1.54) is 6.42 Å². The third-order valence-electron chi connectivity index (χ3n) is 4.16. The molecule has 0 aliphatic carbocycles. The number of amides is 1. The predicted molar refractivity (Wildman–Crippen MR) is 66.5 cm³/mol. The second kappa shape index (κ2) is 5.83. The number of carbonyl (C=O) groups is 1. The van der Waals surface area contributed by atoms with Gasteiger partial charge in [-0.3, -0.25) is 4.79 Å². The van der Waals surface area contributed by atoms with Crippen LogP contribution >= 0.6 is 0 Å². The van der Waals surface area contributed by atoms with Gasteiger partial charge in [-0.2, -0.15) is 0 Å². The molecule has 0 aromatic heterocycles. The van der Waals surface area contributed by atoms with Gasteiger partial charge < -0.3 is 15.4 Å². The van der Waals surface area contributed by atoms with Crippen LogP contribution in [0.5, 0.6) is 0 Å². The highest BCUT2D eigenvalue weighted by Gasteiger charge is 2.32. The van der Waals surface area contributed by atoms with Gasteiger partial charge in [-0.1, -0.05) is 6.92 Å². The van der Waals surface area contributed by atoms with Gasteiger partial charge in [-0.05, 0) is 31.1 Å². The molecule has 0 spiro atoms. The lowest BCUT2D eigenvalue weighted by atomic mass is 9.90. The van der Waals surface area contributed by atoms with Gasteiger partial charge in [-0.15, -0.1) is 0 Å². The van der Waals surface area contributed by atoms with Gasteiger partial charge in [0.2, 0.25) is 5.91 Å². The fourth-order valence-corrected chi connectivity index (χ4v) is 3.03. The first-order valence-electron chi connectivity index (χ1n) is 6.79. The van der Waals surface area contributed by atoms with Gasteiger partial charge in [-0.25, -0.2) is 0 Å². The molecule has 0 aromatic rings. The zero-order valence-corrected chi connectivity index (χ0v) is 10.7. The molecule has 0 aromatic carbocycles. The minimum atomic E-state index is 0.249. The van der Waals surface area contributed by atoms with Crippen LogP contribution in [0, 0.1) is 11.8 Å². The van der Waals surface area contributed by atoms with E-state index in [-0.39, 0.29) is 11.9 Å². The van der Waals surface area contributed by atoms with Gasteiger partial charge in [0.15, 0.2) is 0 Å². The lowest BCUT2D eigenvalue weighted by Crippen LogP contribution is -2.51. The van der Waals surface area contributed by atoms with E-state index in [2.05, 4.69) is 6.92 Å². The number of rotatable bonds is 3. The number of nitrogens with zero attached hydrogens (tertiary/aromatic N) is 1. The summed E-state index contributed by atoms with van der Waals surface area (Å²) in [6.45, 7) is 5.25. The molecular formula is C13H24N2O2. The minimum absolute atomic E-state index is 0.249. The molecule has 4 nitrogen and oxygen atoms in total. The average Bonchev–Trinajstić information content (AvgIpc) is 2.81. The predicted octanol–water partition coefficient (Wildman–Crippen LogP) is 0.999. The molecule has 17 heavy (non-hydrogen) atoms. The second-order valence-corrected chi connectivity index (χ2v) is 5.44. The first kappa shape index (κ1) is 12.8. The van der Waals surface area contributed by atoms with Crippen molar-refractivity contribution >= 4 is 5.91 Å². The molecule has 4 heteroatoms. The summed E-state index contributed by atoms with van der Waals surface area (Å²) in [5.74, 6) is 1.25. The Balaban J connectivity index is 1.91. The Kier molecular flexibility index (Phi) is 4.40. The molecule has 3 atom stereocenters. The second-order valence-electron chi connectivity index (χ2n) is 5.44. The molecule has 2 fully saturated rings. The third-order valence-corrected chi connectivity index (χ3v) is 4.16. The van der Waals surface area contributed by atoms with Crippen LogP contribution in [0.1, 0.15) is 32.6 Å². The molecule has 2 rings (SSSR count). The Labute approximate surface area is 103 Å². The van der Waals surface area contributed by atoms with E-state index in [0.29, 0.717) is 24.8 Å². The maximum absolute atomic E-state index is 12.3. The number of likely N-dealkylation sites (tertiary alicyclic amines) is 1. The van der Waals surface area contributed by atoms with Gasteiger partial charge in [0, 0.05) is 38.8 Å². The van der Waals surface area contributed by atoms with Crippen molar-refractivity contribution in [2.75, 3.05) is 26.3 Å². The largest absolute Gasteiger partial charge is 0.381 e. The van der Waals surface area contributed by atoms with Crippen molar-refractivity contribution in [1.29, 1.82) is 0 Å². The number of ether oxygens (including phenoxy) is 1. The van der Waals surface area contributed by atoms with Crippen molar-refractivity contribution in [3.8, 4) is 0 Å². The zero-order valence-electron chi connectivity index (χ0n) is 10.7. The van der Waals surface area contributed by atoms with Crippen LogP contribution in [0.25, 0.3) is 0 Å². The van der Waals surface area contributed by atoms with E-state index in [0.717, 1.165) is 32.6 Å². The fraction of sp³-hybridized carbons (Fsp3) is 0.923. The summed E-state index contributed by atoms with van der Waals surface area (Å²) < 4.78 is 5.32. The maximum atomic E-state index is 12.3. The fourth-order valence-electron chi connectivity index (χ4n) is 3.03. The molecule has 0 unspecified atom stereocenters. The van der Waals surface area contributed by atoms with Crippen LogP contribution in [0.2, 0.25) is 0 Å². The van der Waals surface area contributed by atoms with E-state index in [9.17, 15) is 4.79 Å². The van der Waals surface area contributed by atoms with E-state index < -0.39 is 0 Å². The number of hydrogen-bond donors (Lipinski definition) is 1. The van der Waals surface area contributed by atoms with Crippen molar-refractivity contribution < 1.29 is 9.53 Å². The van der Waals surface area contributed by atoms with E-state index >= 15 is 0 Å². The van der Waals surface area contributed by atoms with E-state index in [1.54, 1.807) is 0 Å². The highest BCUT2D eigenvalue weighted by molar-refractivity contribution is 5.77. The smallest absolute Gasteiger partial charge is 0.223 e. The molecule has 0 radical (unpaired) electrons. The highest BCUT2D eigenvalue weighted by Crippen LogP contribution is 2.25. The average molecular weight is 240 g/mol. The van der Waals surface area contributed by atoms with Crippen molar-refractivity contribution in [3.63, 3.8) is 0 Å². The van der Waals surface area contributed by atoms with Gasteiger partial charge >= 0.3 is 0 Å². The van der Waals surface area contributed by atoms with E-state index in [4.69, 9.17) is 10.5 Å². The Bertz CT molecular complexity index is 264. The number of carbonyl (C=O) groups excluding carboxylic acids is 1. The molecule has 1 amide bonds. The lowest BCUT2D eigenvalue weighted by Gasteiger charge is -2.40. The van der Waals surface area contributed by atoms with Crippen molar-refractivity contribution in [2.24, 2.45) is 17.6 Å². The Morgan fingerprint density at radius 2 is 2.29 bits per heavy atom. The monoisotopic (exact) mass is 240 g/mol. The normalized spacial score (nSPS) is 34.0. The van der Waals surface area contributed by atoms with Gasteiger partial charge in [0.05, 0.1) is 0 Å². The molecular weight excluding hydrogens is 216 g/mol. The van der Waals surface area contributed by atoms with Crippen LogP contribution in [0.4, 0.5) is 0 Å². The molecule has 2 aliphatic rings. The topological polar surface area (TPSA) is 55.6 Å². The molecule has 0 bridgehead atoms. The van der Waals surface area contributed by atoms with Crippen molar-refractivity contribution in [2.45, 2.75) is 38.6 Å². The van der Waals surface area contributed by atoms with Crippen LogP contribution in [-0.4, -0.2) is 43.2 Å². The summed E-state index contributed by atoms with van der Waals surface area (Å²) in [6.07, 6.45) is 3.98. The van der Waals surface area contributed by atoms with Gasteiger partial charge in [0.1, 0.15) is 0 Å². The quantitative estimate of drug-likeness (QED) is 0.800. The summed E-state index contributed by atoms with van der Waals surface area (Å²) in [5, 5.41) is 0. The Hall–Kier alpha value is -0.610.